The summed E-state index contributed by atoms with van der Waals surface area (Å²) >= 11 is 0. The van der Waals surface area contributed by atoms with Crippen molar-refractivity contribution >= 4 is 39.5 Å². The molecule has 0 heterocycles. The first-order valence-electron chi connectivity index (χ1n) is 34.2. The van der Waals surface area contributed by atoms with Crippen LogP contribution in [0, 0.1) is 23.7 Å². The van der Waals surface area contributed by atoms with Gasteiger partial charge in [-0.1, -0.05) is 267 Å². The molecule has 17 nitrogen and oxygen atoms in total. The fourth-order valence-electron chi connectivity index (χ4n) is 9.75. The largest absolute Gasteiger partial charge is 0.472 e. The Hall–Kier alpha value is -1.94. The number of aliphatic hydroxyl groups is 1. The van der Waals surface area contributed by atoms with Gasteiger partial charge in [0.1, 0.15) is 19.3 Å². The molecule has 0 aliphatic carbocycles. The Morgan fingerprint density at radius 3 is 0.835 bits per heavy atom. The Morgan fingerprint density at radius 2 is 0.565 bits per heavy atom. The number of ether oxygens (including phenoxy) is 4. The first-order valence-corrected chi connectivity index (χ1v) is 37.2. The van der Waals surface area contributed by atoms with E-state index in [1.54, 1.807) is 0 Å². The number of phosphoric acid groups is 2. The summed E-state index contributed by atoms with van der Waals surface area (Å²) in [6.07, 6.45) is 36.4. The number of unbranched alkanes of at least 4 members (excludes halogenated alkanes) is 28. The number of hydrogen-bond donors (Lipinski definition) is 3. The van der Waals surface area contributed by atoms with Crippen LogP contribution < -0.4 is 0 Å². The average molecular weight is 1260 g/mol. The highest BCUT2D eigenvalue weighted by Gasteiger charge is 2.30. The normalized spacial score (nSPS) is 14.7. The SMILES string of the molecule is CCC(C)CCCCCCCCCCCCC(=O)O[C@H](COC(=O)CCCCCCCCCC(C)C)COP(=O)(O)OCC(O)COP(=O)(O)OC[C@@H](COC(=O)CCCCCCCCCCCC(C)C)OC(=O)CCCCCCCCC(C)C. The summed E-state index contributed by atoms with van der Waals surface area (Å²) in [6.45, 7) is 14.0. The Bertz CT molecular complexity index is 1700. The predicted octanol–water partition coefficient (Wildman–Crippen LogP) is 18.1. The topological polar surface area (TPSA) is 237 Å². The van der Waals surface area contributed by atoms with Crippen molar-refractivity contribution in [2.75, 3.05) is 39.6 Å². The summed E-state index contributed by atoms with van der Waals surface area (Å²) < 4.78 is 68.1. The number of esters is 4. The van der Waals surface area contributed by atoms with Gasteiger partial charge < -0.3 is 33.8 Å². The molecule has 6 atom stereocenters. The fraction of sp³-hybridized carbons (Fsp3) is 0.939. The first-order chi connectivity index (χ1) is 40.6. The van der Waals surface area contributed by atoms with Gasteiger partial charge in [0.2, 0.25) is 0 Å². The van der Waals surface area contributed by atoms with Gasteiger partial charge in [-0.2, -0.15) is 0 Å². The van der Waals surface area contributed by atoms with E-state index in [1.165, 1.54) is 116 Å². The maximum Gasteiger partial charge on any atom is 0.472 e. The molecule has 0 saturated heterocycles. The Labute approximate surface area is 517 Å². The summed E-state index contributed by atoms with van der Waals surface area (Å²) in [5, 5.41) is 10.5. The van der Waals surface area contributed by atoms with Crippen LogP contribution in [-0.4, -0.2) is 96.7 Å². The van der Waals surface area contributed by atoms with E-state index in [0.29, 0.717) is 37.5 Å². The first kappa shape index (κ1) is 83.1. The fourth-order valence-corrected chi connectivity index (χ4v) is 11.3. The molecule has 85 heavy (non-hydrogen) atoms. The molecular weight excluding hydrogens is 1130 g/mol. The highest BCUT2D eigenvalue weighted by atomic mass is 31.2. The van der Waals surface area contributed by atoms with Crippen molar-refractivity contribution in [2.45, 2.75) is 337 Å². The standard InChI is InChI=1S/C66H128O17P2/c1-9-59(8)45-37-29-20-14-10-11-15-22-32-40-48-65(70)82-61(52-77-64(69)47-39-31-23-17-19-27-35-43-57(4)5)54-80-84(72,73)78-50-60(67)51-79-85(74,75)81-55-62(83-66(71)49-41-33-25-24-28-36-44-58(6)7)53-76-63(68)46-38-30-21-16-12-13-18-26-34-42-56(2)3/h56-62,67H,9-55H2,1-8H3,(H,72,73)(H,74,75)/t59?,60?,61-,62-/m1/s1. The predicted molar refractivity (Wildman–Crippen MR) is 340 cm³/mol. The lowest BCUT2D eigenvalue weighted by molar-refractivity contribution is -0.161. The molecule has 0 radical (unpaired) electrons. The van der Waals surface area contributed by atoms with E-state index in [4.69, 9.17) is 37.0 Å². The molecule has 0 bridgehead atoms. The van der Waals surface area contributed by atoms with Crippen LogP contribution in [0.3, 0.4) is 0 Å². The van der Waals surface area contributed by atoms with E-state index < -0.39 is 97.5 Å². The zero-order chi connectivity index (χ0) is 63.2. The lowest BCUT2D eigenvalue weighted by atomic mass is 9.99. The van der Waals surface area contributed by atoms with Crippen molar-refractivity contribution in [3.05, 3.63) is 0 Å². The highest BCUT2D eigenvalue weighted by molar-refractivity contribution is 7.47. The highest BCUT2D eigenvalue weighted by Crippen LogP contribution is 2.45. The van der Waals surface area contributed by atoms with Crippen LogP contribution in [0.25, 0.3) is 0 Å². The Balaban J connectivity index is 5.24. The lowest BCUT2D eigenvalue weighted by Gasteiger charge is -2.21. The van der Waals surface area contributed by atoms with Gasteiger partial charge in [0.05, 0.1) is 26.4 Å². The monoisotopic (exact) mass is 1250 g/mol. The molecule has 0 aliphatic heterocycles. The summed E-state index contributed by atoms with van der Waals surface area (Å²) in [6, 6.07) is 0. The van der Waals surface area contributed by atoms with Crippen LogP contribution in [0.2, 0.25) is 0 Å². The van der Waals surface area contributed by atoms with Crippen LogP contribution in [-0.2, 0) is 65.4 Å². The van der Waals surface area contributed by atoms with E-state index in [-0.39, 0.29) is 25.7 Å². The molecule has 0 rings (SSSR count). The second-order valence-electron chi connectivity index (χ2n) is 25.5. The second kappa shape index (κ2) is 56.1. The van der Waals surface area contributed by atoms with Crippen LogP contribution in [0.5, 0.6) is 0 Å². The third-order valence-electron chi connectivity index (χ3n) is 15.4. The van der Waals surface area contributed by atoms with Gasteiger partial charge in [0, 0.05) is 25.7 Å². The average Bonchev–Trinajstić information content (AvgIpc) is 3.61. The maximum atomic E-state index is 13.0. The Morgan fingerprint density at radius 1 is 0.329 bits per heavy atom. The van der Waals surface area contributed by atoms with Crippen LogP contribution in [0.15, 0.2) is 0 Å². The molecular formula is C66H128O17P2. The minimum absolute atomic E-state index is 0.101. The van der Waals surface area contributed by atoms with Crippen LogP contribution >= 0.6 is 15.6 Å². The number of phosphoric ester groups is 2. The summed E-state index contributed by atoms with van der Waals surface area (Å²) in [5.74, 6) is 0.781. The number of carbonyl (C=O) groups excluding carboxylic acids is 4. The summed E-state index contributed by atoms with van der Waals surface area (Å²) in [5.41, 5.74) is 0. The van der Waals surface area contributed by atoms with E-state index >= 15 is 0 Å². The van der Waals surface area contributed by atoms with Gasteiger partial charge in [-0.25, -0.2) is 9.13 Å². The van der Waals surface area contributed by atoms with E-state index in [1.807, 2.05) is 0 Å². The number of carbonyl (C=O) groups is 4. The lowest BCUT2D eigenvalue weighted by Crippen LogP contribution is -2.30. The van der Waals surface area contributed by atoms with Crippen molar-refractivity contribution in [3.8, 4) is 0 Å². The van der Waals surface area contributed by atoms with Gasteiger partial charge >= 0.3 is 39.5 Å². The molecule has 4 unspecified atom stereocenters. The third kappa shape index (κ3) is 59.5. The third-order valence-corrected chi connectivity index (χ3v) is 17.3. The Kier molecular flexibility index (Phi) is 54.8. The quantitative estimate of drug-likeness (QED) is 0.0222. The van der Waals surface area contributed by atoms with Gasteiger partial charge in [0.25, 0.3) is 0 Å². The smallest absolute Gasteiger partial charge is 0.462 e. The zero-order valence-electron chi connectivity index (χ0n) is 55.2. The van der Waals surface area contributed by atoms with Gasteiger partial charge in [0.15, 0.2) is 12.2 Å². The molecule has 0 saturated carbocycles. The van der Waals surface area contributed by atoms with Crippen molar-refractivity contribution in [1.29, 1.82) is 0 Å². The minimum atomic E-state index is -4.95. The van der Waals surface area contributed by atoms with E-state index in [2.05, 4.69) is 55.4 Å². The molecule has 3 N–H and O–H groups in total. The molecule has 504 valence electrons. The second-order valence-corrected chi connectivity index (χ2v) is 28.4. The van der Waals surface area contributed by atoms with Crippen molar-refractivity contribution in [1.82, 2.24) is 0 Å². The molecule has 0 amide bonds. The van der Waals surface area contributed by atoms with Gasteiger partial charge in [-0.15, -0.1) is 0 Å². The molecule has 0 aliphatic rings. The summed E-state index contributed by atoms with van der Waals surface area (Å²) in [7, 11) is -9.89. The minimum Gasteiger partial charge on any atom is -0.462 e. The molecule has 0 aromatic rings. The van der Waals surface area contributed by atoms with E-state index in [0.717, 1.165) is 108 Å². The van der Waals surface area contributed by atoms with Gasteiger partial charge in [-0.05, 0) is 49.4 Å². The number of hydrogen-bond acceptors (Lipinski definition) is 15. The number of rotatable bonds is 63. The number of aliphatic hydroxyl groups excluding tert-OH is 1. The zero-order valence-corrected chi connectivity index (χ0v) is 57.0. The molecule has 0 aromatic carbocycles. The summed E-state index contributed by atoms with van der Waals surface area (Å²) in [4.78, 5) is 72.3. The van der Waals surface area contributed by atoms with Crippen molar-refractivity contribution in [3.63, 3.8) is 0 Å². The maximum absolute atomic E-state index is 13.0. The molecule has 19 heteroatoms. The van der Waals surface area contributed by atoms with Crippen molar-refractivity contribution < 1.29 is 80.2 Å². The van der Waals surface area contributed by atoms with E-state index in [9.17, 15) is 43.2 Å². The van der Waals surface area contributed by atoms with Crippen molar-refractivity contribution in [2.24, 2.45) is 23.7 Å². The van der Waals surface area contributed by atoms with Crippen LogP contribution in [0.1, 0.15) is 319 Å². The van der Waals surface area contributed by atoms with Gasteiger partial charge in [-0.3, -0.25) is 37.3 Å². The molecule has 0 fully saturated rings. The molecule has 0 spiro atoms. The van der Waals surface area contributed by atoms with Crippen LogP contribution in [0.4, 0.5) is 0 Å². The molecule has 0 aromatic heterocycles.